The lowest BCUT2D eigenvalue weighted by Gasteiger charge is -2.29. The maximum Gasteiger partial charge on any atom is 0.0136 e. The third-order valence-corrected chi connectivity index (χ3v) is 4.01. The molecule has 0 spiro atoms. The first-order chi connectivity index (χ1) is 7.45. The quantitative estimate of drug-likeness (QED) is 0.736. The normalized spacial score (nSPS) is 30.1. The predicted octanol–water partition coefficient (Wildman–Crippen LogP) is 2.86. The standard InChI is InChI=1S/C14H19N/c1-2-6-12-11(5-1)8-9-13(12)14-7-3-4-10-15-14/h1-2,5-6,13-15H,3-4,7-10H2. The molecule has 2 atom stereocenters. The summed E-state index contributed by atoms with van der Waals surface area (Å²) < 4.78 is 0. The van der Waals surface area contributed by atoms with Crippen molar-refractivity contribution in [2.45, 2.75) is 44.1 Å². The van der Waals surface area contributed by atoms with Gasteiger partial charge in [0.2, 0.25) is 0 Å². The smallest absolute Gasteiger partial charge is 0.0136 e. The molecule has 1 saturated heterocycles. The minimum absolute atomic E-state index is 0.752. The monoisotopic (exact) mass is 201 g/mol. The van der Waals surface area contributed by atoms with E-state index < -0.39 is 0 Å². The molecule has 1 nitrogen and oxygen atoms in total. The third kappa shape index (κ3) is 1.69. The SMILES string of the molecule is c1ccc2c(c1)CCC2C1CCCCN1. The number of nitrogens with one attached hydrogen (secondary N) is 1. The third-order valence-electron chi connectivity index (χ3n) is 4.01. The number of piperidine rings is 1. The number of hydrogen-bond acceptors (Lipinski definition) is 1. The Hall–Kier alpha value is -0.820. The summed E-state index contributed by atoms with van der Waals surface area (Å²) in [5, 5.41) is 3.70. The van der Waals surface area contributed by atoms with Crippen LogP contribution in [0, 0.1) is 0 Å². The molecule has 15 heavy (non-hydrogen) atoms. The van der Waals surface area contributed by atoms with Crippen molar-refractivity contribution in [1.82, 2.24) is 5.32 Å². The minimum atomic E-state index is 0.752. The van der Waals surface area contributed by atoms with E-state index in [1.165, 1.54) is 38.6 Å². The second kappa shape index (κ2) is 3.97. The molecule has 0 radical (unpaired) electrons. The summed E-state index contributed by atoms with van der Waals surface area (Å²) in [5.74, 6) is 0.793. The van der Waals surface area contributed by atoms with Gasteiger partial charge in [-0.05, 0) is 49.3 Å². The molecule has 0 bridgehead atoms. The predicted molar refractivity (Wildman–Crippen MR) is 63.1 cm³/mol. The van der Waals surface area contributed by atoms with Crippen LogP contribution in [-0.2, 0) is 6.42 Å². The summed E-state index contributed by atoms with van der Waals surface area (Å²) in [6.07, 6.45) is 6.80. The first-order valence-electron chi connectivity index (χ1n) is 6.26. The van der Waals surface area contributed by atoms with Gasteiger partial charge in [-0.15, -0.1) is 0 Å². The Morgan fingerprint density at radius 1 is 1.07 bits per heavy atom. The molecule has 1 aliphatic heterocycles. The number of aryl methyl sites for hydroxylation is 1. The van der Waals surface area contributed by atoms with Crippen LogP contribution >= 0.6 is 0 Å². The zero-order chi connectivity index (χ0) is 10.1. The highest BCUT2D eigenvalue weighted by Crippen LogP contribution is 2.37. The summed E-state index contributed by atoms with van der Waals surface area (Å²) in [5.41, 5.74) is 3.21. The second-order valence-electron chi connectivity index (χ2n) is 4.90. The Morgan fingerprint density at radius 3 is 2.87 bits per heavy atom. The molecule has 80 valence electrons. The van der Waals surface area contributed by atoms with Gasteiger partial charge in [0.1, 0.15) is 0 Å². The summed E-state index contributed by atoms with van der Waals surface area (Å²) in [7, 11) is 0. The molecule has 0 saturated carbocycles. The van der Waals surface area contributed by atoms with E-state index in [0.717, 1.165) is 12.0 Å². The fourth-order valence-electron chi connectivity index (χ4n) is 3.23. The van der Waals surface area contributed by atoms with E-state index >= 15 is 0 Å². The lowest BCUT2D eigenvalue weighted by Crippen LogP contribution is -2.38. The fourth-order valence-corrected chi connectivity index (χ4v) is 3.23. The molecular weight excluding hydrogens is 182 g/mol. The van der Waals surface area contributed by atoms with E-state index in [9.17, 15) is 0 Å². The van der Waals surface area contributed by atoms with Crippen LogP contribution in [-0.4, -0.2) is 12.6 Å². The van der Waals surface area contributed by atoms with Crippen molar-refractivity contribution in [2.24, 2.45) is 0 Å². The van der Waals surface area contributed by atoms with Gasteiger partial charge in [-0.2, -0.15) is 0 Å². The van der Waals surface area contributed by atoms with Crippen molar-refractivity contribution in [1.29, 1.82) is 0 Å². The van der Waals surface area contributed by atoms with Crippen molar-refractivity contribution < 1.29 is 0 Å². The highest BCUT2D eigenvalue weighted by molar-refractivity contribution is 5.36. The molecule has 0 amide bonds. The van der Waals surface area contributed by atoms with E-state index in [0.29, 0.717) is 0 Å². The highest BCUT2D eigenvalue weighted by Gasteiger charge is 2.29. The van der Waals surface area contributed by atoms with Gasteiger partial charge in [-0.3, -0.25) is 0 Å². The van der Waals surface area contributed by atoms with E-state index in [4.69, 9.17) is 0 Å². The van der Waals surface area contributed by atoms with Gasteiger partial charge >= 0.3 is 0 Å². The van der Waals surface area contributed by atoms with Crippen LogP contribution in [0.2, 0.25) is 0 Å². The van der Waals surface area contributed by atoms with Crippen LogP contribution < -0.4 is 5.32 Å². The molecule has 1 aliphatic carbocycles. The zero-order valence-corrected chi connectivity index (χ0v) is 9.21. The average molecular weight is 201 g/mol. The fraction of sp³-hybridized carbons (Fsp3) is 0.571. The van der Waals surface area contributed by atoms with Crippen molar-refractivity contribution in [3.05, 3.63) is 35.4 Å². The van der Waals surface area contributed by atoms with Gasteiger partial charge in [0.15, 0.2) is 0 Å². The van der Waals surface area contributed by atoms with Crippen molar-refractivity contribution in [3.63, 3.8) is 0 Å². The summed E-state index contributed by atoms with van der Waals surface area (Å²) in [6.45, 7) is 1.23. The van der Waals surface area contributed by atoms with Crippen LogP contribution in [0.25, 0.3) is 0 Å². The van der Waals surface area contributed by atoms with E-state index in [-0.39, 0.29) is 0 Å². The molecule has 3 rings (SSSR count). The average Bonchev–Trinajstić information content (AvgIpc) is 2.74. The van der Waals surface area contributed by atoms with E-state index in [1.807, 2.05) is 0 Å². The number of benzene rings is 1. The number of rotatable bonds is 1. The molecule has 2 aliphatic rings. The first-order valence-corrected chi connectivity index (χ1v) is 6.26. The van der Waals surface area contributed by atoms with E-state index in [2.05, 4.69) is 29.6 Å². The van der Waals surface area contributed by atoms with Crippen molar-refractivity contribution in [3.8, 4) is 0 Å². The maximum atomic E-state index is 3.70. The van der Waals surface area contributed by atoms with Crippen LogP contribution in [0.5, 0.6) is 0 Å². The van der Waals surface area contributed by atoms with Gasteiger partial charge in [0.05, 0.1) is 0 Å². The summed E-state index contributed by atoms with van der Waals surface area (Å²) in [4.78, 5) is 0. The molecule has 1 heteroatoms. The van der Waals surface area contributed by atoms with Crippen LogP contribution in [0.4, 0.5) is 0 Å². The largest absolute Gasteiger partial charge is 0.313 e. The Kier molecular flexibility index (Phi) is 2.49. The zero-order valence-electron chi connectivity index (χ0n) is 9.21. The second-order valence-corrected chi connectivity index (χ2v) is 4.90. The molecule has 1 aromatic rings. The molecule has 0 aromatic heterocycles. The van der Waals surface area contributed by atoms with Crippen LogP contribution in [0.15, 0.2) is 24.3 Å². The van der Waals surface area contributed by atoms with Crippen LogP contribution in [0.3, 0.4) is 0 Å². The molecule has 1 aromatic carbocycles. The molecule has 1 fully saturated rings. The molecular formula is C14H19N. The first kappa shape index (κ1) is 9.41. The summed E-state index contributed by atoms with van der Waals surface area (Å²) >= 11 is 0. The van der Waals surface area contributed by atoms with Gasteiger partial charge in [-0.1, -0.05) is 30.7 Å². The summed E-state index contributed by atoms with van der Waals surface area (Å²) in [6, 6.07) is 9.76. The van der Waals surface area contributed by atoms with Gasteiger partial charge < -0.3 is 5.32 Å². The van der Waals surface area contributed by atoms with Crippen molar-refractivity contribution in [2.75, 3.05) is 6.54 Å². The Morgan fingerprint density at radius 2 is 2.00 bits per heavy atom. The topological polar surface area (TPSA) is 12.0 Å². The number of hydrogen-bond donors (Lipinski definition) is 1. The lowest BCUT2D eigenvalue weighted by molar-refractivity contribution is 0.348. The van der Waals surface area contributed by atoms with Crippen LogP contribution in [0.1, 0.15) is 42.7 Å². The Bertz CT molecular complexity index is 339. The van der Waals surface area contributed by atoms with E-state index in [1.54, 1.807) is 11.1 Å². The van der Waals surface area contributed by atoms with Gasteiger partial charge in [0, 0.05) is 6.04 Å². The maximum absolute atomic E-state index is 3.70. The lowest BCUT2D eigenvalue weighted by atomic mass is 9.88. The Labute approximate surface area is 91.9 Å². The Balaban J connectivity index is 1.83. The van der Waals surface area contributed by atoms with Crippen molar-refractivity contribution >= 4 is 0 Å². The van der Waals surface area contributed by atoms with Gasteiger partial charge in [0.25, 0.3) is 0 Å². The molecule has 1 N–H and O–H groups in total. The molecule has 2 unspecified atom stereocenters. The minimum Gasteiger partial charge on any atom is -0.313 e. The van der Waals surface area contributed by atoms with Gasteiger partial charge in [-0.25, -0.2) is 0 Å². The molecule has 1 heterocycles. The highest BCUT2D eigenvalue weighted by atomic mass is 14.9. The number of fused-ring (bicyclic) bond motifs is 1.